The topological polar surface area (TPSA) is 83.1 Å². The van der Waals surface area contributed by atoms with Crippen molar-refractivity contribution in [3.8, 4) is 0 Å². The number of anilines is 2. The summed E-state index contributed by atoms with van der Waals surface area (Å²) in [6.45, 7) is 3.28. The maximum atomic E-state index is 13.0. The summed E-state index contributed by atoms with van der Waals surface area (Å²) in [5.74, 6) is -0.851. The number of carbonyl (C=O) groups is 2. The summed E-state index contributed by atoms with van der Waals surface area (Å²) in [7, 11) is 0. The van der Waals surface area contributed by atoms with Gasteiger partial charge < -0.3 is 24.3 Å². The first-order valence-electron chi connectivity index (χ1n) is 12.3. The van der Waals surface area contributed by atoms with Crippen LogP contribution in [0.15, 0.2) is 48.5 Å². The molecule has 0 atom stereocenters. The Morgan fingerprint density at radius 1 is 0.811 bits per heavy atom. The van der Waals surface area contributed by atoms with Gasteiger partial charge in [0.05, 0.1) is 43.2 Å². The molecule has 0 aliphatic heterocycles. The molecule has 0 spiro atoms. The lowest BCUT2D eigenvalue weighted by Gasteiger charge is -2.13. The standard InChI is InChI=1S/C27H34F3NO6/c1-2-3-4-5-13-25(32)36-18-16-34-14-15-35-17-19-37-26(33)23-11-6-7-12-24(23)31-22-10-8-9-21(20-22)27(28,29)30/h6-12,20,31H,2-5,13-19H2,1H3. The van der Waals surface area contributed by atoms with Crippen molar-refractivity contribution < 1.29 is 41.7 Å². The summed E-state index contributed by atoms with van der Waals surface area (Å²) in [4.78, 5) is 24.0. The van der Waals surface area contributed by atoms with Crippen LogP contribution >= 0.6 is 0 Å². The highest BCUT2D eigenvalue weighted by Gasteiger charge is 2.30. The molecule has 10 heteroatoms. The van der Waals surface area contributed by atoms with Crippen molar-refractivity contribution in [2.45, 2.75) is 45.2 Å². The Bertz CT molecular complexity index is 967. The fraction of sp³-hybridized carbons (Fsp3) is 0.481. The van der Waals surface area contributed by atoms with Crippen LogP contribution in [0.5, 0.6) is 0 Å². The Kier molecular flexibility index (Phi) is 13.5. The molecule has 0 aliphatic carbocycles. The summed E-state index contributed by atoms with van der Waals surface area (Å²) in [6.07, 6.45) is 0.0472. The molecule has 2 aromatic rings. The van der Waals surface area contributed by atoms with E-state index in [1.54, 1.807) is 18.2 Å². The Labute approximate surface area is 215 Å². The predicted octanol–water partition coefficient (Wildman–Crippen LogP) is 6.15. The van der Waals surface area contributed by atoms with Crippen LogP contribution in [0.4, 0.5) is 24.5 Å². The van der Waals surface area contributed by atoms with Crippen molar-refractivity contribution in [1.82, 2.24) is 0 Å². The van der Waals surface area contributed by atoms with E-state index in [1.165, 1.54) is 18.2 Å². The minimum Gasteiger partial charge on any atom is -0.463 e. The fourth-order valence-corrected chi connectivity index (χ4v) is 3.27. The van der Waals surface area contributed by atoms with Crippen LogP contribution in [0.2, 0.25) is 0 Å². The highest BCUT2D eigenvalue weighted by Crippen LogP contribution is 2.32. The molecule has 0 amide bonds. The minimum atomic E-state index is -4.47. The van der Waals surface area contributed by atoms with Gasteiger partial charge in [-0.15, -0.1) is 0 Å². The van der Waals surface area contributed by atoms with E-state index in [0.29, 0.717) is 18.7 Å². The molecule has 0 aromatic heterocycles. The molecule has 0 aliphatic rings. The predicted molar refractivity (Wildman–Crippen MR) is 133 cm³/mol. The van der Waals surface area contributed by atoms with Crippen molar-refractivity contribution in [1.29, 1.82) is 0 Å². The first kappa shape index (κ1) is 30.1. The lowest BCUT2D eigenvalue weighted by molar-refractivity contribution is -0.145. The molecule has 2 aromatic carbocycles. The lowest BCUT2D eigenvalue weighted by atomic mass is 10.1. The molecular formula is C27H34F3NO6. The highest BCUT2D eigenvalue weighted by molar-refractivity contribution is 5.96. The smallest absolute Gasteiger partial charge is 0.416 e. The second-order valence-corrected chi connectivity index (χ2v) is 8.14. The molecule has 2 rings (SSSR count). The third-order valence-corrected chi connectivity index (χ3v) is 5.17. The van der Waals surface area contributed by atoms with Gasteiger partial charge in [0.25, 0.3) is 0 Å². The van der Waals surface area contributed by atoms with Gasteiger partial charge in [0.2, 0.25) is 0 Å². The van der Waals surface area contributed by atoms with Gasteiger partial charge in [-0.1, -0.05) is 44.4 Å². The second-order valence-electron chi connectivity index (χ2n) is 8.14. The number of hydrogen-bond acceptors (Lipinski definition) is 7. The third kappa shape index (κ3) is 12.1. The van der Waals surface area contributed by atoms with Crippen LogP contribution < -0.4 is 5.32 Å². The third-order valence-electron chi connectivity index (χ3n) is 5.17. The number of hydrogen-bond donors (Lipinski definition) is 1. The Morgan fingerprint density at radius 3 is 2.19 bits per heavy atom. The largest absolute Gasteiger partial charge is 0.463 e. The molecule has 7 nitrogen and oxygen atoms in total. The van der Waals surface area contributed by atoms with Crippen LogP contribution in [0.1, 0.15) is 54.9 Å². The Balaban J connectivity index is 1.62. The van der Waals surface area contributed by atoms with Gasteiger partial charge >= 0.3 is 18.1 Å². The molecule has 1 N–H and O–H groups in total. The summed E-state index contributed by atoms with van der Waals surface area (Å²) < 4.78 is 59.9. The SMILES string of the molecule is CCCCCCC(=O)OCCOCCOCCOC(=O)c1ccccc1Nc1cccc(C(F)(F)F)c1. The maximum Gasteiger partial charge on any atom is 0.416 e. The van der Waals surface area contributed by atoms with E-state index in [1.807, 2.05) is 0 Å². The molecule has 204 valence electrons. The summed E-state index contributed by atoms with van der Waals surface area (Å²) in [5.41, 5.74) is -0.0939. The van der Waals surface area contributed by atoms with Crippen LogP contribution in [-0.4, -0.2) is 51.6 Å². The average Bonchev–Trinajstić information content (AvgIpc) is 2.87. The van der Waals surface area contributed by atoms with E-state index in [9.17, 15) is 22.8 Å². The van der Waals surface area contributed by atoms with Crippen molar-refractivity contribution in [2.24, 2.45) is 0 Å². The lowest BCUT2D eigenvalue weighted by Crippen LogP contribution is -2.15. The Hall–Kier alpha value is -3.11. The van der Waals surface area contributed by atoms with E-state index in [-0.39, 0.29) is 50.3 Å². The van der Waals surface area contributed by atoms with Crippen LogP contribution in [0, 0.1) is 0 Å². The monoisotopic (exact) mass is 525 g/mol. The van der Waals surface area contributed by atoms with E-state index < -0.39 is 17.7 Å². The maximum absolute atomic E-state index is 13.0. The number of para-hydroxylation sites is 1. The van der Waals surface area contributed by atoms with Crippen molar-refractivity contribution in [3.63, 3.8) is 0 Å². The van der Waals surface area contributed by atoms with Crippen LogP contribution in [0.3, 0.4) is 0 Å². The minimum absolute atomic E-state index is 0.00757. The van der Waals surface area contributed by atoms with Gasteiger partial charge in [-0.05, 0) is 36.8 Å². The second kappa shape index (κ2) is 16.6. The number of carbonyl (C=O) groups excluding carboxylic acids is 2. The van der Waals surface area contributed by atoms with E-state index in [4.69, 9.17) is 18.9 Å². The van der Waals surface area contributed by atoms with Gasteiger partial charge in [0.1, 0.15) is 13.2 Å². The number of rotatable bonds is 17. The Morgan fingerprint density at radius 2 is 1.49 bits per heavy atom. The van der Waals surface area contributed by atoms with Crippen molar-refractivity contribution >= 4 is 23.3 Å². The van der Waals surface area contributed by atoms with E-state index >= 15 is 0 Å². The first-order chi connectivity index (χ1) is 17.8. The van der Waals surface area contributed by atoms with Crippen LogP contribution in [0.25, 0.3) is 0 Å². The first-order valence-corrected chi connectivity index (χ1v) is 12.3. The highest BCUT2D eigenvalue weighted by atomic mass is 19.4. The number of benzene rings is 2. The van der Waals surface area contributed by atoms with Gasteiger partial charge in [0, 0.05) is 12.1 Å². The van der Waals surface area contributed by atoms with Crippen LogP contribution in [-0.2, 0) is 29.9 Å². The molecule has 37 heavy (non-hydrogen) atoms. The summed E-state index contributed by atoms with van der Waals surface area (Å²) >= 11 is 0. The molecular weight excluding hydrogens is 491 g/mol. The quantitative estimate of drug-likeness (QED) is 0.196. The molecule has 0 fully saturated rings. The number of alkyl halides is 3. The van der Waals surface area contributed by atoms with Gasteiger partial charge in [-0.2, -0.15) is 13.2 Å². The van der Waals surface area contributed by atoms with Crippen molar-refractivity contribution in [2.75, 3.05) is 45.0 Å². The number of ether oxygens (including phenoxy) is 4. The van der Waals surface area contributed by atoms with E-state index in [2.05, 4.69) is 12.2 Å². The number of halogens is 3. The van der Waals surface area contributed by atoms with Gasteiger partial charge in [-0.3, -0.25) is 4.79 Å². The molecule has 0 unspecified atom stereocenters. The molecule has 0 saturated heterocycles. The number of esters is 2. The summed E-state index contributed by atoms with van der Waals surface area (Å²) in [5, 5.41) is 2.84. The summed E-state index contributed by atoms with van der Waals surface area (Å²) in [6, 6.07) is 11.1. The molecule has 0 radical (unpaired) electrons. The normalized spacial score (nSPS) is 11.2. The fourth-order valence-electron chi connectivity index (χ4n) is 3.27. The number of unbranched alkanes of at least 4 members (excludes halogenated alkanes) is 3. The molecule has 0 bridgehead atoms. The zero-order valence-electron chi connectivity index (χ0n) is 21.0. The molecule has 0 heterocycles. The zero-order chi connectivity index (χ0) is 26.9. The van der Waals surface area contributed by atoms with Gasteiger partial charge in [0.15, 0.2) is 0 Å². The number of nitrogens with one attached hydrogen (secondary N) is 1. The van der Waals surface area contributed by atoms with E-state index in [0.717, 1.165) is 37.8 Å². The zero-order valence-corrected chi connectivity index (χ0v) is 21.0. The van der Waals surface area contributed by atoms with Gasteiger partial charge in [-0.25, -0.2) is 4.79 Å². The average molecular weight is 526 g/mol. The van der Waals surface area contributed by atoms with Crippen molar-refractivity contribution in [3.05, 3.63) is 59.7 Å². The molecule has 0 saturated carbocycles.